The van der Waals surface area contributed by atoms with Crippen LogP contribution in [0.25, 0.3) is 0 Å². The molecular formula is C17H26N2O. The van der Waals surface area contributed by atoms with E-state index < -0.39 is 0 Å². The number of hydrogen-bond acceptors (Lipinski definition) is 3. The van der Waals surface area contributed by atoms with Crippen molar-refractivity contribution in [2.24, 2.45) is 5.92 Å². The Balaban J connectivity index is 1.76. The number of rotatable bonds is 4. The Kier molecular flexibility index (Phi) is 3.63. The van der Waals surface area contributed by atoms with Crippen LogP contribution in [0.2, 0.25) is 0 Å². The number of nitrogens with one attached hydrogen (secondary N) is 1. The molecule has 110 valence electrons. The third-order valence-electron chi connectivity index (χ3n) is 4.79. The van der Waals surface area contributed by atoms with E-state index in [2.05, 4.69) is 48.3 Å². The summed E-state index contributed by atoms with van der Waals surface area (Å²) in [5.41, 5.74) is 1.60. The first-order valence-corrected chi connectivity index (χ1v) is 7.87. The van der Waals surface area contributed by atoms with Crippen molar-refractivity contribution in [1.82, 2.24) is 5.32 Å². The minimum atomic E-state index is 0.283. The summed E-state index contributed by atoms with van der Waals surface area (Å²) in [6, 6.07) is 9.10. The molecule has 1 heterocycles. The van der Waals surface area contributed by atoms with Crippen LogP contribution in [0.15, 0.2) is 24.3 Å². The fourth-order valence-electron chi connectivity index (χ4n) is 3.30. The SMILES string of the molecule is CCOc1ccc(N2CC(C)(C3CC3)NCC2C)cc1. The van der Waals surface area contributed by atoms with Gasteiger partial charge in [-0.15, -0.1) is 0 Å². The maximum atomic E-state index is 5.53. The molecule has 1 N–H and O–H groups in total. The molecule has 1 aliphatic carbocycles. The van der Waals surface area contributed by atoms with Gasteiger partial charge in [-0.1, -0.05) is 0 Å². The van der Waals surface area contributed by atoms with E-state index in [-0.39, 0.29) is 5.54 Å². The van der Waals surface area contributed by atoms with Gasteiger partial charge in [-0.2, -0.15) is 0 Å². The van der Waals surface area contributed by atoms with E-state index in [0.717, 1.165) is 31.4 Å². The zero-order valence-corrected chi connectivity index (χ0v) is 12.9. The normalized spacial score (nSPS) is 30.4. The smallest absolute Gasteiger partial charge is 0.119 e. The van der Waals surface area contributed by atoms with Crippen LogP contribution in [0.4, 0.5) is 5.69 Å². The maximum Gasteiger partial charge on any atom is 0.119 e. The predicted molar refractivity (Wildman–Crippen MR) is 83.6 cm³/mol. The highest BCUT2D eigenvalue weighted by Crippen LogP contribution is 2.42. The monoisotopic (exact) mass is 274 g/mol. The number of piperazine rings is 1. The van der Waals surface area contributed by atoms with Crippen molar-refractivity contribution in [2.45, 2.75) is 45.2 Å². The topological polar surface area (TPSA) is 24.5 Å². The first kappa shape index (κ1) is 13.7. The highest BCUT2D eigenvalue weighted by molar-refractivity contribution is 5.51. The molecular weight excluding hydrogens is 248 g/mol. The molecule has 1 aromatic rings. The minimum absolute atomic E-state index is 0.283. The maximum absolute atomic E-state index is 5.53. The molecule has 2 atom stereocenters. The summed E-state index contributed by atoms with van der Waals surface area (Å²) >= 11 is 0. The average molecular weight is 274 g/mol. The summed E-state index contributed by atoms with van der Waals surface area (Å²) in [4.78, 5) is 2.55. The molecule has 2 aliphatic rings. The number of benzene rings is 1. The molecule has 0 bridgehead atoms. The molecule has 2 unspecified atom stereocenters. The second kappa shape index (κ2) is 5.28. The van der Waals surface area contributed by atoms with Crippen molar-refractivity contribution >= 4 is 5.69 Å². The van der Waals surface area contributed by atoms with Gasteiger partial charge in [0, 0.05) is 30.4 Å². The quantitative estimate of drug-likeness (QED) is 0.913. The van der Waals surface area contributed by atoms with Crippen molar-refractivity contribution in [2.75, 3.05) is 24.6 Å². The van der Waals surface area contributed by atoms with Gasteiger partial charge in [-0.05, 0) is 63.8 Å². The Morgan fingerprint density at radius 2 is 2.00 bits per heavy atom. The van der Waals surface area contributed by atoms with Gasteiger partial charge in [0.25, 0.3) is 0 Å². The zero-order chi connectivity index (χ0) is 14.2. The van der Waals surface area contributed by atoms with E-state index in [9.17, 15) is 0 Å². The van der Waals surface area contributed by atoms with Gasteiger partial charge in [0.15, 0.2) is 0 Å². The van der Waals surface area contributed by atoms with Gasteiger partial charge in [0.1, 0.15) is 5.75 Å². The summed E-state index contributed by atoms with van der Waals surface area (Å²) in [6.07, 6.45) is 2.77. The molecule has 1 aromatic carbocycles. The van der Waals surface area contributed by atoms with E-state index >= 15 is 0 Å². The zero-order valence-electron chi connectivity index (χ0n) is 12.9. The van der Waals surface area contributed by atoms with Gasteiger partial charge in [-0.25, -0.2) is 0 Å². The molecule has 0 amide bonds. The molecule has 0 aromatic heterocycles. The largest absolute Gasteiger partial charge is 0.494 e. The van der Waals surface area contributed by atoms with E-state index in [0.29, 0.717) is 6.04 Å². The number of ether oxygens (including phenoxy) is 1. The van der Waals surface area contributed by atoms with E-state index in [1.807, 2.05) is 6.92 Å². The molecule has 1 saturated heterocycles. The van der Waals surface area contributed by atoms with Gasteiger partial charge < -0.3 is 15.0 Å². The molecule has 3 rings (SSSR count). The Morgan fingerprint density at radius 3 is 2.60 bits per heavy atom. The lowest BCUT2D eigenvalue weighted by molar-refractivity contribution is 0.260. The van der Waals surface area contributed by atoms with Crippen LogP contribution in [-0.2, 0) is 0 Å². The van der Waals surface area contributed by atoms with Crippen molar-refractivity contribution in [3.05, 3.63) is 24.3 Å². The first-order chi connectivity index (χ1) is 9.62. The van der Waals surface area contributed by atoms with Crippen LogP contribution in [0, 0.1) is 5.92 Å². The second-order valence-electron chi connectivity index (χ2n) is 6.48. The van der Waals surface area contributed by atoms with Crippen LogP contribution >= 0.6 is 0 Å². The molecule has 3 nitrogen and oxygen atoms in total. The number of anilines is 1. The summed E-state index contributed by atoms with van der Waals surface area (Å²) < 4.78 is 5.53. The Morgan fingerprint density at radius 1 is 1.30 bits per heavy atom. The van der Waals surface area contributed by atoms with Gasteiger partial charge >= 0.3 is 0 Å². The Hall–Kier alpha value is -1.22. The molecule has 1 aliphatic heterocycles. The molecule has 0 spiro atoms. The summed E-state index contributed by atoms with van der Waals surface area (Å²) in [5.74, 6) is 1.82. The van der Waals surface area contributed by atoms with Crippen LogP contribution < -0.4 is 15.0 Å². The highest BCUT2D eigenvalue weighted by atomic mass is 16.5. The van der Waals surface area contributed by atoms with Crippen LogP contribution in [0.1, 0.15) is 33.6 Å². The standard InChI is InChI=1S/C17H26N2O/c1-4-20-16-9-7-15(8-10-16)19-12-17(3,14-5-6-14)18-11-13(19)2/h7-10,13-14,18H,4-6,11-12H2,1-3H3. The van der Waals surface area contributed by atoms with E-state index in [1.54, 1.807) is 0 Å². The lowest BCUT2D eigenvalue weighted by atomic mass is 9.91. The highest BCUT2D eigenvalue weighted by Gasteiger charge is 2.45. The third-order valence-corrected chi connectivity index (χ3v) is 4.79. The Labute approximate surface area is 122 Å². The summed E-state index contributed by atoms with van der Waals surface area (Å²) in [5, 5.41) is 3.77. The fraction of sp³-hybridized carbons (Fsp3) is 0.647. The van der Waals surface area contributed by atoms with Crippen LogP contribution in [-0.4, -0.2) is 31.3 Å². The van der Waals surface area contributed by atoms with E-state index in [1.165, 1.54) is 18.5 Å². The van der Waals surface area contributed by atoms with Crippen molar-refractivity contribution in [1.29, 1.82) is 0 Å². The summed E-state index contributed by atoms with van der Waals surface area (Å²) in [6.45, 7) is 9.61. The van der Waals surface area contributed by atoms with Crippen LogP contribution in [0.5, 0.6) is 5.75 Å². The predicted octanol–water partition coefficient (Wildman–Crippen LogP) is 3.05. The van der Waals surface area contributed by atoms with Gasteiger partial charge in [0.2, 0.25) is 0 Å². The fourth-order valence-corrected chi connectivity index (χ4v) is 3.30. The number of nitrogens with zero attached hydrogens (tertiary/aromatic N) is 1. The molecule has 2 fully saturated rings. The van der Waals surface area contributed by atoms with Crippen molar-refractivity contribution in [3.63, 3.8) is 0 Å². The third kappa shape index (κ3) is 2.64. The van der Waals surface area contributed by atoms with Crippen LogP contribution in [0.3, 0.4) is 0 Å². The second-order valence-corrected chi connectivity index (χ2v) is 6.48. The summed E-state index contributed by atoms with van der Waals surface area (Å²) in [7, 11) is 0. The average Bonchev–Trinajstić information content (AvgIpc) is 3.28. The van der Waals surface area contributed by atoms with Crippen molar-refractivity contribution < 1.29 is 4.74 Å². The lowest BCUT2D eigenvalue weighted by Crippen LogP contribution is -2.63. The molecule has 0 radical (unpaired) electrons. The van der Waals surface area contributed by atoms with E-state index in [4.69, 9.17) is 4.74 Å². The van der Waals surface area contributed by atoms with Crippen molar-refractivity contribution in [3.8, 4) is 5.75 Å². The Bertz CT molecular complexity index is 455. The minimum Gasteiger partial charge on any atom is -0.494 e. The van der Waals surface area contributed by atoms with Gasteiger partial charge in [0.05, 0.1) is 6.61 Å². The van der Waals surface area contributed by atoms with Gasteiger partial charge in [-0.3, -0.25) is 0 Å². The number of hydrogen-bond donors (Lipinski definition) is 1. The molecule has 1 saturated carbocycles. The lowest BCUT2D eigenvalue weighted by Gasteiger charge is -2.47. The first-order valence-electron chi connectivity index (χ1n) is 7.87. The molecule has 20 heavy (non-hydrogen) atoms. The molecule has 3 heteroatoms.